The number of hydrogen-bond donors (Lipinski definition) is 1. The van der Waals surface area contributed by atoms with E-state index < -0.39 is 0 Å². The van der Waals surface area contributed by atoms with E-state index in [0.29, 0.717) is 0 Å². The van der Waals surface area contributed by atoms with Gasteiger partial charge in [0.25, 0.3) is 0 Å². The van der Waals surface area contributed by atoms with E-state index in [1.165, 1.54) is 22.8 Å². The van der Waals surface area contributed by atoms with Gasteiger partial charge in [-0.05, 0) is 60.8 Å². The molecule has 0 amide bonds. The highest BCUT2D eigenvalue weighted by atomic mass is 19.1. The van der Waals surface area contributed by atoms with Crippen molar-refractivity contribution in [2.75, 3.05) is 13.7 Å². The fourth-order valence-electron chi connectivity index (χ4n) is 2.92. The van der Waals surface area contributed by atoms with Crippen molar-refractivity contribution in [1.29, 1.82) is 0 Å². The molecule has 2 aromatic carbocycles. The van der Waals surface area contributed by atoms with Crippen molar-refractivity contribution in [3.8, 4) is 5.75 Å². The third kappa shape index (κ3) is 2.93. The maximum absolute atomic E-state index is 13.2. The molecule has 0 saturated heterocycles. The number of nitrogens with one attached hydrogen (secondary N) is 1. The second-order valence-corrected chi connectivity index (χ2v) is 5.58. The van der Waals surface area contributed by atoms with Crippen molar-refractivity contribution in [2.45, 2.75) is 25.8 Å². The summed E-state index contributed by atoms with van der Waals surface area (Å²) >= 11 is 0. The Bertz CT molecular complexity index is 654. The number of fused-ring (bicyclic) bond motifs is 1. The van der Waals surface area contributed by atoms with Crippen LogP contribution < -0.4 is 10.1 Å². The Morgan fingerprint density at radius 3 is 2.86 bits per heavy atom. The van der Waals surface area contributed by atoms with Crippen LogP contribution in [0.5, 0.6) is 5.75 Å². The molecule has 21 heavy (non-hydrogen) atoms. The molecule has 0 aromatic heterocycles. The lowest BCUT2D eigenvalue weighted by Crippen LogP contribution is -2.19. The van der Waals surface area contributed by atoms with Crippen molar-refractivity contribution in [3.63, 3.8) is 0 Å². The molecular formula is C18H20FNO. The van der Waals surface area contributed by atoms with Crippen LogP contribution in [0.25, 0.3) is 0 Å². The van der Waals surface area contributed by atoms with Crippen LogP contribution in [0, 0.1) is 12.7 Å². The molecule has 110 valence electrons. The average Bonchev–Trinajstić information content (AvgIpc) is 2.94. The van der Waals surface area contributed by atoms with Crippen molar-refractivity contribution in [2.24, 2.45) is 0 Å². The van der Waals surface area contributed by atoms with Gasteiger partial charge in [-0.3, -0.25) is 0 Å². The van der Waals surface area contributed by atoms with Gasteiger partial charge < -0.3 is 10.1 Å². The van der Waals surface area contributed by atoms with Gasteiger partial charge >= 0.3 is 0 Å². The first-order valence-corrected chi connectivity index (χ1v) is 7.35. The summed E-state index contributed by atoms with van der Waals surface area (Å²) in [6.45, 7) is 2.74. The molecule has 1 heterocycles. The van der Waals surface area contributed by atoms with Gasteiger partial charge in [0.05, 0.1) is 6.61 Å². The van der Waals surface area contributed by atoms with E-state index in [9.17, 15) is 4.39 Å². The van der Waals surface area contributed by atoms with E-state index in [0.717, 1.165) is 30.8 Å². The van der Waals surface area contributed by atoms with Crippen LogP contribution in [0.2, 0.25) is 0 Å². The standard InChI is InChI=1S/C18H20FNO/c1-12-9-16(19)5-3-13(12)11-17(20-2)14-4-6-18-15(10-14)7-8-21-18/h3-6,9-10,17,20H,7-8,11H2,1-2H3. The van der Waals surface area contributed by atoms with Crippen LogP contribution in [-0.2, 0) is 12.8 Å². The lowest BCUT2D eigenvalue weighted by Gasteiger charge is -2.19. The third-order valence-corrected chi connectivity index (χ3v) is 4.19. The molecule has 0 bridgehead atoms. The fraction of sp³-hybridized carbons (Fsp3) is 0.333. The van der Waals surface area contributed by atoms with Crippen LogP contribution in [-0.4, -0.2) is 13.7 Å². The molecule has 0 fully saturated rings. The predicted octanol–water partition coefficient (Wildman–Crippen LogP) is 3.57. The summed E-state index contributed by atoms with van der Waals surface area (Å²) in [6.07, 6.45) is 1.83. The second kappa shape index (κ2) is 5.86. The molecule has 1 unspecified atom stereocenters. The molecule has 0 aliphatic carbocycles. The number of aryl methyl sites for hydroxylation is 1. The van der Waals surface area contributed by atoms with Crippen LogP contribution in [0.15, 0.2) is 36.4 Å². The molecule has 0 radical (unpaired) electrons. The largest absolute Gasteiger partial charge is 0.493 e. The quantitative estimate of drug-likeness (QED) is 0.927. The predicted molar refractivity (Wildman–Crippen MR) is 82.3 cm³/mol. The number of benzene rings is 2. The van der Waals surface area contributed by atoms with Crippen molar-refractivity contribution >= 4 is 0 Å². The first-order valence-electron chi connectivity index (χ1n) is 7.35. The normalized spacial score (nSPS) is 14.6. The first-order chi connectivity index (χ1) is 10.2. The summed E-state index contributed by atoms with van der Waals surface area (Å²) in [5.41, 5.74) is 4.71. The number of rotatable bonds is 4. The van der Waals surface area contributed by atoms with E-state index >= 15 is 0 Å². The van der Waals surface area contributed by atoms with Crippen LogP contribution >= 0.6 is 0 Å². The molecule has 3 heteroatoms. The van der Waals surface area contributed by atoms with Crippen molar-refractivity contribution < 1.29 is 9.13 Å². The summed E-state index contributed by atoms with van der Waals surface area (Å²) in [7, 11) is 1.97. The zero-order valence-electron chi connectivity index (χ0n) is 12.4. The Balaban J connectivity index is 1.85. The molecule has 3 rings (SSSR count). The molecule has 0 spiro atoms. The lowest BCUT2D eigenvalue weighted by molar-refractivity contribution is 0.356. The van der Waals surface area contributed by atoms with Crippen molar-refractivity contribution in [1.82, 2.24) is 5.32 Å². The minimum atomic E-state index is -0.174. The van der Waals surface area contributed by atoms with Crippen LogP contribution in [0.3, 0.4) is 0 Å². The minimum absolute atomic E-state index is 0.174. The molecule has 2 nitrogen and oxygen atoms in total. The average molecular weight is 285 g/mol. The number of likely N-dealkylation sites (N-methyl/N-ethyl adjacent to an activating group) is 1. The van der Waals surface area contributed by atoms with E-state index in [1.54, 1.807) is 6.07 Å². The van der Waals surface area contributed by atoms with Gasteiger partial charge in [-0.25, -0.2) is 4.39 Å². The van der Waals surface area contributed by atoms with E-state index in [1.807, 2.05) is 20.0 Å². The summed E-state index contributed by atoms with van der Waals surface area (Å²) in [5, 5.41) is 3.37. The SMILES string of the molecule is CNC(Cc1ccc(F)cc1C)c1ccc2c(c1)CCO2. The maximum atomic E-state index is 13.2. The molecule has 1 aliphatic heterocycles. The first kappa shape index (κ1) is 14.1. The lowest BCUT2D eigenvalue weighted by atomic mass is 9.94. The third-order valence-electron chi connectivity index (χ3n) is 4.19. The topological polar surface area (TPSA) is 21.3 Å². The summed E-state index contributed by atoms with van der Waals surface area (Å²) in [6, 6.07) is 11.6. The highest BCUT2D eigenvalue weighted by Crippen LogP contribution is 2.29. The summed E-state index contributed by atoms with van der Waals surface area (Å²) < 4.78 is 18.8. The number of ether oxygens (including phenoxy) is 1. The number of hydrogen-bond acceptors (Lipinski definition) is 2. The smallest absolute Gasteiger partial charge is 0.123 e. The summed E-state index contributed by atoms with van der Waals surface area (Å²) in [5.74, 6) is 0.832. The zero-order chi connectivity index (χ0) is 14.8. The van der Waals surface area contributed by atoms with Gasteiger partial charge in [0.15, 0.2) is 0 Å². The minimum Gasteiger partial charge on any atom is -0.493 e. The monoisotopic (exact) mass is 285 g/mol. The number of halogens is 1. The second-order valence-electron chi connectivity index (χ2n) is 5.58. The Labute approximate surface area is 125 Å². The Kier molecular flexibility index (Phi) is 3.93. The fourth-order valence-corrected chi connectivity index (χ4v) is 2.92. The zero-order valence-corrected chi connectivity index (χ0v) is 12.4. The van der Waals surface area contributed by atoms with Crippen LogP contribution in [0.1, 0.15) is 28.3 Å². The molecule has 1 aliphatic rings. The Hall–Kier alpha value is -1.87. The highest BCUT2D eigenvalue weighted by Gasteiger charge is 2.17. The molecule has 1 atom stereocenters. The maximum Gasteiger partial charge on any atom is 0.123 e. The van der Waals surface area contributed by atoms with Crippen LogP contribution in [0.4, 0.5) is 4.39 Å². The van der Waals surface area contributed by atoms with E-state index in [-0.39, 0.29) is 11.9 Å². The van der Waals surface area contributed by atoms with Gasteiger partial charge in [-0.15, -0.1) is 0 Å². The molecule has 2 aromatic rings. The summed E-state index contributed by atoms with van der Waals surface area (Å²) in [4.78, 5) is 0. The Morgan fingerprint density at radius 1 is 1.24 bits per heavy atom. The van der Waals surface area contributed by atoms with Gasteiger partial charge in [0.1, 0.15) is 11.6 Å². The van der Waals surface area contributed by atoms with Gasteiger partial charge in [0, 0.05) is 12.5 Å². The van der Waals surface area contributed by atoms with Gasteiger partial charge in [-0.2, -0.15) is 0 Å². The molecule has 0 saturated carbocycles. The van der Waals surface area contributed by atoms with E-state index in [2.05, 4.69) is 23.5 Å². The molecular weight excluding hydrogens is 265 g/mol. The highest BCUT2D eigenvalue weighted by molar-refractivity contribution is 5.41. The van der Waals surface area contributed by atoms with Crippen molar-refractivity contribution in [3.05, 3.63) is 64.5 Å². The Morgan fingerprint density at radius 2 is 2.10 bits per heavy atom. The molecule has 1 N–H and O–H groups in total. The van der Waals surface area contributed by atoms with Gasteiger partial charge in [0.2, 0.25) is 0 Å². The van der Waals surface area contributed by atoms with Gasteiger partial charge in [-0.1, -0.05) is 18.2 Å². The van der Waals surface area contributed by atoms with E-state index in [4.69, 9.17) is 4.74 Å².